The molecule has 0 aliphatic rings. The van der Waals surface area contributed by atoms with Crippen LogP contribution in [0, 0.1) is 6.92 Å². The van der Waals surface area contributed by atoms with Crippen molar-refractivity contribution in [3.05, 3.63) is 64.4 Å². The molecular weight excluding hydrogens is 342 g/mol. The van der Waals surface area contributed by atoms with Crippen molar-refractivity contribution in [1.29, 1.82) is 0 Å². The molecule has 3 heterocycles. The summed E-state index contributed by atoms with van der Waals surface area (Å²) in [5.41, 5.74) is 4.37. The number of hydrogen-bond acceptors (Lipinski definition) is 2. The third kappa shape index (κ3) is 1.91. The van der Waals surface area contributed by atoms with Gasteiger partial charge in [0.1, 0.15) is 11.3 Å². The quantitative estimate of drug-likeness (QED) is 0.462. The number of carbonyl (C=O) groups excluding carboxylic acids is 1. The molecule has 0 amide bonds. The van der Waals surface area contributed by atoms with Crippen molar-refractivity contribution in [1.82, 2.24) is 4.40 Å². The number of hydrogen-bond donors (Lipinski definition) is 0. The van der Waals surface area contributed by atoms with Crippen molar-refractivity contribution in [3.63, 3.8) is 0 Å². The number of furan rings is 1. The van der Waals surface area contributed by atoms with Gasteiger partial charge in [-0.2, -0.15) is 0 Å². The van der Waals surface area contributed by atoms with Gasteiger partial charge >= 0.3 is 0 Å². The molecule has 0 fully saturated rings. The van der Waals surface area contributed by atoms with Crippen molar-refractivity contribution in [2.45, 2.75) is 6.92 Å². The summed E-state index contributed by atoms with van der Waals surface area (Å²) in [7, 11) is 0. The summed E-state index contributed by atoms with van der Waals surface area (Å²) in [5.74, 6) is 0.707. The number of aldehydes is 1. The highest BCUT2D eigenvalue weighted by atomic mass is 79.9. The molecular formula is C18H12BrNO2. The fourth-order valence-electron chi connectivity index (χ4n) is 2.83. The van der Waals surface area contributed by atoms with Crippen LogP contribution < -0.4 is 0 Å². The largest absolute Gasteiger partial charge is 0.456 e. The number of aryl methyl sites for hydroxylation is 1. The monoisotopic (exact) mass is 353 g/mol. The van der Waals surface area contributed by atoms with Gasteiger partial charge in [-0.1, -0.05) is 22.0 Å². The molecule has 0 unspecified atom stereocenters. The molecule has 0 radical (unpaired) electrons. The zero-order valence-electron chi connectivity index (χ0n) is 11.8. The van der Waals surface area contributed by atoms with E-state index in [1.54, 1.807) is 0 Å². The van der Waals surface area contributed by atoms with E-state index in [2.05, 4.69) is 15.9 Å². The van der Waals surface area contributed by atoms with E-state index < -0.39 is 0 Å². The summed E-state index contributed by atoms with van der Waals surface area (Å²) < 4.78 is 8.83. The maximum atomic E-state index is 11.6. The minimum Gasteiger partial charge on any atom is -0.456 e. The van der Waals surface area contributed by atoms with Crippen LogP contribution in [-0.4, -0.2) is 10.7 Å². The summed E-state index contributed by atoms with van der Waals surface area (Å²) in [6, 6.07) is 13.8. The van der Waals surface area contributed by atoms with Crippen LogP contribution >= 0.6 is 15.9 Å². The Morgan fingerprint density at radius 3 is 2.86 bits per heavy atom. The van der Waals surface area contributed by atoms with Gasteiger partial charge in [0.15, 0.2) is 6.29 Å². The highest BCUT2D eigenvalue weighted by Gasteiger charge is 2.16. The van der Waals surface area contributed by atoms with E-state index in [4.69, 9.17) is 4.42 Å². The lowest BCUT2D eigenvalue weighted by Gasteiger charge is -1.99. The summed E-state index contributed by atoms with van der Waals surface area (Å²) in [5, 5.41) is 1.01. The molecule has 22 heavy (non-hydrogen) atoms. The molecule has 3 nitrogen and oxygen atoms in total. The van der Waals surface area contributed by atoms with Crippen LogP contribution in [-0.2, 0) is 0 Å². The number of benzene rings is 1. The third-order valence-corrected chi connectivity index (χ3v) is 4.41. The molecule has 0 atom stereocenters. The van der Waals surface area contributed by atoms with Gasteiger partial charge in [-0.3, -0.25) is 4.79 Å². The first-order chi connectivity index (χ1) is 10.7. The van der Waals surface area contributed by atoms with Crippen molar-refractivity contribution in [2.24, 2.45) is 0 Å². The Bertz CT molecular complexity index is 1030. The number of carbonyl (C=O) groups is 1. The van der Waals surface area contributed by atoms with Crippen molar-refractivity contribution < 1.29 is 9.21 Å². The van der Waals surface area contributed by atoms with Crippen LogP contribution in [0.25, 0.3) is 27.8 Å². The molecule has 108 valence electrons. The number of halogens is 1. The van der Waals surface area contributed by atoms with E-state index >= 15 is 0 Å². The van der Waals surface area contributed by atoms with Gasteiger partial charge < -0.3 is 8.82 Å². The average Bonchev–Trinajstić information content (AvgIpc) is 3.07. The Morgan fingerprint density at radius 2 is 2.05 bits per heavy atom. The molecule has 0 aliphatic heterocycles. The normalized spacial score (nSPS) is 11.4. The highest BCUT2D eigenvalue weighted by Crippen LogP contribution is 2.33. The van der Waals surface area contributed by atoms with E-state index in [-0.39, 0.29) is 0 Å². The topological polar surface area (TPSA) is 34.6 Å². The maximum absolute atomic E-state index is 11.6. The lowest BCUT2D eigenvalue weighted by molar-refractivity contribution is 0.111. The van der Waals surface area contributed by atoms with Crippen LogP contribution in [0.3, 0.4) is 0 Å². The smallest absolute Gasteiger partial charge is 0.167 e. The molecule has 4 heteroatoms. The second kappa shape index (κ2) is 4.85. The van der Waals surface area contributed by atoms with Crippen molar-refractivity contribution in [2.75, 3.05) is 0 Å². The van der Waals surface area contributed by atoms with Gasteiger partial charge in [-0.05, 0) is 48.9 Å². The Labute approximate surface area is 135 Å². The summed E-state index contributed by atoms with van der Waals surface area (Å²) in [6.07, 6.45) is 2.78. The standard InChI is InChI=1S/C18H12BrNO2/c1-11-3-2-6-20-15(11)9-14(16(20)10-21)18-8-12-7-13(19)4-5-17(12)22-18/h2-10H,1H3. The van der Waals surface area contributed by atoms with Crippen molar-refractivity contribution in [3.8, 4) is 11.3 Å². The van der Waals surface area contributed by atoms with Crippen molar-refractivity contribution >= 4 is 38.7 Å². The van der Waals surface area contributed by atoms with E-state index in [0.717, 1.165) is 38.4 Å². The van der Waals surface area contributed by atoms with E-state index in [9.17, 15) is 4.79 Å². The Morgan fingerprint density at radius 1 is 1.18 bits per heavy atom. The van der Waals surface area contributed by atoms with Gasteiger partial charge in [-0.15, -0.1) is 0 Å². The number of aromatic nitrogens is 1. The first-order valence-electron chi connectivity index (χ1n) is 6.93. The molecule has 0 spiro atoms. The van der Waals surface area contributed by atoms with Crippen LogP contribution in [0.1, 0.15) is 16.1 Å². The fraction of sp³-hybridized carbons (Fsp3) is 0.0556. The predicted octanol–water partition coefficient (Wildman–Crippen LogP) is 5.24. The number of fused-ring (bicyclic) bond motifs is 2. The minimum atomic E-state index is 0.608. The van der Waals surface area contributed by atoms with Gasteiger partial charge in [-0.25, -0.2) is 0 Å². The van der Waals surface area contributed by atoms with Gasteiger partial charge in [0.2, 0.25) is 0 Å². The average molecular weight is 354 g/mol. The summed E-state index contributed by atoms with van der Waals surface area (Å²) in [4.78, 5) is 11.6. The zero-order valence-corrected chi connectivity index (χ0v) is 13.4. The molecule has 1 aromatic carbocycles. The van der Waals surface area contributed by atoms with Crippen LogP contribution in [0.5, 0.6) is 0 Å². The second-order valence-corrected chi connectivity index (χ2v) is 6.22. The highest BCUT2D eigenvalue weighted by molar-refractivity contribution is 9.10. The lowest BCUT2D eigenvalue weighted by Crippen LogP contribution is -1.92. The van der Waals surface area contributed by atoms with Gasteiger partial charge in [0.05, 0.1) is 5.69 Å². The number of pyridine rings is 1. The maximum Gasteiger partial charge on any atom is 0.167 e. The second-order valence-electron chi connectivity index (χ2n) is 5.30. The molecule has 0 aliphatic carbocycles. The Hall–Kier alpha value is -2.33. The van der Waals surface area contributed by atoms with Crippen LogP contribution in [0.4, 0.5) is 0 Å². The van der Waals surface area contributed by atoms with Gasteiger partial charge in [0.25, 0.3) is 0 Å². The molecule has 4 aromatic rings. The number of rotatable bonds is 2. The SMILES string of the molecule is Cc1cccn2c(C=O)c(-c3cc4cc(Br)ccc4o3)cc12. The van der Waals surface area contributed by atoms with Crippen LogP contribution in [0.2, 0.25) is 0 Å². The lowest BCUT2D eigenvalue weighted by atomic mass is 10.1. The molecule has 3 aromatic heterocycles. The van der Waals surface area contributed by atoms with Gasteiger partial charge in [0, 0.05) is 27.1 Å². The molecule has 0 bridgehead atoms. The third-order valence-electron chi connectivity index (χ3n) is 3.92. The van der Waals surface area contributed by atoms with Crippen LogP contribution in [0.15, 0.2) is 57.6 Å². The predicted molar refractivity (Wildman–Crippen MR) is 90.4 cm³/mol. The zero-order chi connectivity index (χ0) is 15.3. The summed E-state index contributed by atoms with van der Waals surface area (Å²) in [6.45, 7) is 2.03. The molecule has 4 rings (SSSR count). The molecule has 0 saturated heterocycles. The van der Waals surface area contributed by atoms with E-state index in [1.165, 1.54) is 0 Å². The summed E-state index contributed by atoms with van der Waals surface area (Å²) >= 11 is 3.46. The Kier molecular flexibility index (Phi) is 2.94. The first-order valence-corrected chi connectivity index (χ1v) is 7.72. The minimum absolute atomic E-state index is 0.608. The van der Waals surface area contributed by atoms with E-state index in [0.29, 0.717) is 11.5 Å². The fourth-order valence-corrected chi connectivity index (χ4v) is 3.21. The first kappa shape index (κ1) is 13.3. The molecule has 0 saturated carbocycles. The number of nitrogens with zero attached hydrogens (tertiary/aromatic N) is 1. The molecule has 0 N–H and O–H groups in total. The Balaban J connectivity index is 2.03. The van der Waals surface area contributed by atoms with E-state index in [1.807, 2.05) is 60.0 Å².